The van der Waals surface area contributed by atoms with E-state index in [1.807, 2.05) is 39.0 Å². The van der Waals surface area contributed by atoms with Gasteiger partial charge >= 0.3 is 0 Å². The molecule has 4 rings (SSSR count). The molecule has 2 aliphatic heterocycles. The number of likely N-dealkylation sites (tertiary alicyclic amines) is 1. The Hall–Kier alpha value is -2.31. The Morgan fingerprint density at radius 2 is 2.00 bits per heavy atom. The molecule has 6 heteroatoms. The maximum Gasteiger partial charge on any atom is 0.242 e. The minimum Gasteiger partial charge on any atom is -0.378 e. The summed E-state index contributed by atoms with van der Waals surface area (Å²) in [6, 6.07) is 6.92. The number of hydrogen-bond donors (Lipinski definition) is 2. The normalized spacial score (nSPS) is 19.5. The lowest BCUT2D eigenvalue weighted by Crippen LogP contribution is -2.51. The number of aromatic amines is 1. The van der Waals surface area contributed by atoms with Crippen LogP contribution in [0.4, 0.5) is 8.78 Å². The number of allylic oxidation sites excluding steroid dienone is 4. The smallest absolute Gasteiger partial charge is 0.242 e. The molecule has 0 amide bonds. The molecule has 0 unspecified atom stereocenters. The molecule has 0 spiro atoms. The summed E-state index contributed by atoms with van der Waals surface area (Å²) in [6.45, 7) is 9.59. The summed E-state index contributed by atoms with van der Waals surface area (Å²) in [6.07, 6.45) is 3.99. The van der Waals surface area contributed by atoms with Gasteiger partial charge in [0.15, 0.2) is 0 Å². The van der Waals surface area contributed by atoms with Crippen molar-refractivity contribution < 1.29 is 13.5 Å². The Kier molecular flexibility index (Phi) is 7.45. The molecule has 1 aromatic heterocycles. The molecule has 178 valence electrons. The summed E-state index contributed by atoms with van der Waals surface area (Å²) in [4.78, 5) is 5.94. The van der Waals surface area contributed by atoms with Crippen LogP contribution in [0.25, 0.3) is 16.5 Å². The number of rotatable bonds is 8. The zero-order valence-electron chi connectivity index (χ0n) is 19.9. The Balaban J connectivity index is 1.65. The first kappa shape index (κ1) is 23.8. The summed E-state index contributed by atoms with van der Waals surface area (Å²) in [5, 5.41) is 9.01. The monoisotopic (exact) mass is 455 g/mol. The maximum atomic E-state index is 13.6. The van der Waals surface area contributed by atoms with Gasteiger partial charge in [-0.2, -0.15) is 0 Å². The van der Waals surface area contributed by atoms with Crippen LogP contribution in [0.15, 0.2) is 35.9 Å². The first-order chi connectivity index (χ1) is 15.9. The van der Waals surface area contributed by atoms with Crippen molar-refractivity contribution in [3.8, 4) is 0 Å². The fourth-order valence-electron chi connectivity index (χ4n) is 5.06. The van der Waals surface area contributed by atoms with Crippen molar-refractivity contribution in [2.24, 2.45) is 0 Å². The number of alkyl halides is 2. The van der Waals surface area contributed by atoms with Crippen LogP contribution in [-0.4, -0.2) is 54.4 Å². The number of hydrogen-bond acceptors (Lipinski definition) is 3. The number of piperidine rings is 1. The molecule has 0 radical (unpaired) electrons. The van der Waals surface area contributed by atoms with Crippen LogP contribution in [0.5, 0.6) is 0 Å². The number of nitrogens with one attached hydrogen (secondary N) is 2. The second-order valence-corrected chi connectivity index (χ2v) is 9.28. The molecule has 4 nitrogen and oxygen atoms in total. The molecule has 0 atom stereocenters. The van der Waals surface area contributed by atoms with E-state index in [-0.39, 0.29) is 6.42 Å². The third kappa shape index (κ3) is 5.12. The summed E-state index contributed by atoms with van der Waals surface area (Å²) >= 11 is 0. The van der Waals surface area contributed by atoms with Gasteiger partial charge in [-0.05, 0) is 92.6 Å². The fraction of sp³-hybridized carbons (Fsp3) is 0.519. The summed E-state index contributed by atoms with van der Waals surface area (Å²) in [5.41, 5.74) is 5.83. The van der Waals surface area contributed by atoms with Gasteiger partial charge in [0.05, 0.1) is 19.3 Å². The van der Waals surface area contributed by atoms with Gasteiger partial charge in [0.1, 0.15) is 0 Å². The van der Waals surface area contributed by atoms with Crippen LogP contribution in [0.3, 0.4) is 0 Å². The van der Waals surface area contributed by atoms with Gasteiger partial charge in [0, 0.05) is 28.7 Å². The van der Waals surface area contributed by atoms with Crippen LogP contribution < -0.4 is 0 Å². The summed E-state index contributed by atoms with van der Waals surface area (Å²) < 4.78 is 32.6. The van der Waals surface area contributed by atoms with E-state index in [0.717, 1.165) is 66.9 Å². The van der Waals surface area contributed by atoms with Crippen LogP contribution in [0, 0.1) is 5.41 Å². The standard InChI is InChI=1S/C27H35F2N3O/c1-4-18(12-17(3)24(30)5-2)27-23(14-26(28)29)22-13-20(6-7-25(22)31-27)19-8-10-32(11-9-19)21-15-33-16-21/h4,6-7,12-13,19,21,26,30-31H,5,8-11,14-16H2,1-3H3/b17-12-,18-4+,30-24?. The van der Waals surface area contributed by atoms with Crippen molar-refractivity contribution in [3.05, 3.63) is 52.7 Å². The first-order valence-corrected chi connectivity index (χ1v) is 12.1. The molecule has 2 aromatic rings. The molecule has 0 bridgehead atoms. The van der Waals surface area contributed by atoms with E-state index >= 15 is 0 Å². The Morgan fingerprint density at radius 3 is 2.58 bits per heavy atom. The highest BCUT2D eigenvalue weighted by atomic mass is 19.3. The van der Waals surface area contributed by atoms with Crippen molar-refractivity contribution in [1.29, 1.82) is 5.41 Å². The van der Waals surface area contributed by atoms with Crippen molar-refractivity contribution in [3.63, 3.8) is 0 Å². The summed E-state index contributed by atoms with van der Waals surface area (Å²) in [7, 11) is 0. The van der Waals surface area contributed by atoms with E-state index in [1.54, 1.807) is 0 Å². The predicted molar refractivity (Wildman–Crippen MR) is 132 cm³/mol. The molecular formula is C27H35F2N3O. The number of halogens is 2. The zero-order chi connectivity index (χ0) is 23.5. The molecular weight excluding hydrogens is 420 g/mol. The third-order valence-electron chi connectivity index (χ3n) is 7.23. The van der Waals surface area contributed by atoms with E-state index in [4.69, 9.17) is 10.1 Å². The second-order valence-electron chi connectivity index (χ2n) is 9.28. The van der Waals surface area contributed by atoms with E-state index < -0.39 is 6.43 Å². The zero-order valence-corrected chi connectivity index (χ0v) is 19.9. The van der Waals surface area contributed by atoms with Gasteiger partial charge in [-0.1, -0.05) is 19.1 Å². The lowest BCUT2D eigenvalue weighted by molar-refractivity contribution is -0.0712. The molecule has 0 saturated carbocycles. The first-order valence-electron chi connectivity index (χ1n) is 12.1. The van der Waals surface area contributed by atoms with Crippen molar-refractivity contribution in [2.75, 3.05) is 26.3 Å². The second kappa shape index (κ2) is 10.3. The van der Waals surface area contributed by atoms with Crippen LogP contribution in [0.1, 0.15) is 62.8 Å². The van der Waals surface area contributed by atoms with Crippen LogP contribution in [-0.2, 0) is 11.2 Å². The lowest BCUT2D eigenvalue weighted by atomic mass is 9.87. The Bertz CT molecular complexity index is 1060. The van der Waals surface area contributed by atoms with Crippen LogP contribution in [0.2, 0.25) is 0 Å². The number of nitrogens with zero attached hydrogens (tertiary/aromatic N) is 1. The topological polar surface area (TPSA) is 52.1 Å². The highest BCUT2D eigenvalue weighted by Crippen LogP contribution is 2.35. The summed E-state index contributed by atoms with van der Waals surface area (Å²) in [5.74, 6) is 0.456. The van der Waals surface area contributed by atoms with Crippen molar-refractivity contribution >= 4 is 22.2 Å². The molecule has 2 fully saturated rings. The van der Waals surface area contributed by atoms with E-state index in [0.29, 0.717) is 29.7 Å². The quantitative estimate of drug-likeness (QED) is 0.361. The van der Waals surface area contributed by atoms with Crippen molar-refractivity contribution in [1.82, 2.24) is 9.88 Å². The number of fused-ring (bicyclic) bond motifs is 1. The molecule has 1 aromatic carbocycles. The Labute approximate surface area is 195 Å². The number of aromatic nitrogens is 1. The van der Waals surface area contributed by atoms with E-state index in [2.05, 4.69) is 22.0 Å². The molecule has 3 heterocycles. The molecule has 33 heavy (non-hydrogen) atoms. The third-order valence-corrected chi connectivity index (χ3v) is 7.23. The average Bonchev–Trinajstić information content (AvgIpc) is 3.12. The van der Waals surface area contributed by atoms with E-state index in [1.165, 1.54) is 5.56 Å². The van der Waals surface area contributed by atoms with Gasteiger partial charge in [-0.15, -0.1) is 0 Å². The minimum atomic E-state index is -2.42. The van der Waals surface area contributed by atoms with Gasteiger partial charge in [0.25, 0.3) is 0 Å². The number of ether oxygens (including phenoxy) is 1. The Morgan fingerprint density at radius 1 is 1.27 bits per heavy atom. The molecule has 2 saturated heterocycles. The molecule has 2 aliphatic rings. The highest BCUT2D eigenvalue weighted by Gasteiger charge is 2.30. The number of benzene rings is 1. The fourth-order valence-corrected chi connectivity index (χ4v) is 5.06. The predicted octanol–water partition coefficient (Wildman–Crippen LogP) is 6.33. The van der Waals surface area contributed by atoms with E-state index in [9.17, 15) is 8.78 Å². The van der Waals surface area contributed by atoms with Crippen LogP contribution >= 0.6 is 0 Å². The van der Waals surface area contributed by atoms with Gasteiger partial charge in [0.2, 0.25) is 6.43 Å². The lowest BCUT2D eigenvalue weighted by Gasteiger charge is -2.41. The van der Waals surface area contributed by atoms with Gasteiger partial charge in [-0.3, -0.25) is 4.90 Å². The average molecular weight is 456 g/mol. The van der Waals surface area contributed by atoms with Gasteiger partial charge in [-0.25, -0.2) is 8.78 Å². The van der Waals surface area contributed by atoms with Crippen molar-refractivity contribution in [2.45, 2.75) is 64.8 Å². The number of H-pyrrole nitrogens is 1. The largest absolute Gasteiger partial charge is 0.378 e. The van der Waals surface area contributed by atoms with Gasteiger partial charge < -0.3 is 15.1 Å². The molecule has 0 aliphatic carbocycles. The maximum absolute atomic E-state index is 13.6. The molecule has 2 N–H and O–H groups in total. The SMILES string of the molecule is C/C=C(\C=C(\C)C(=N)CC)c1[nH]c2ccc(C3CCN(C4COC4)CC3)cc2c1CC(F)F. The highest BCUT2D eigenvalue weighted by molar-refractivity contribution is 6.00. The minimum absolute atomic E-state index is 0.283.